The number of hydrogen-bond acceptors (Lipinski definition) is 3. The van der Waals surface area contributed by atoms with Crippen LogP contribution in [0.15, 0.2) is 18.2 Å². The second-order valence-corrected chi connectivity index (χ2v) is 5.05. The molecule has 4 N–H and O–H groups in total. The largest absolute Gasteiger partial charge is 0.396 e. The number of anilines is 1. The van der Waals surface area contributed by atoms with Crippen LogP contribution in [-0.4, -0.2) is 24.2 Å². The molecule has 0 bridgehead atoms. The van der Waals surface area contributed by atoms with Gasteiger partial charge in [-0.3, -0.25) is 4.79 Å². The van der Waals surface area contributed by atoms with E-state index in [0.29, 0.717) is 11.5 Å². The van der Waals surface area contributed by atoms with Crippen molar-refractivity contribution in [2.45, 2.75) is 18.3 Å². The quantitative estimate of drug-likeness (QED) is 0.723. The van der Waals surface area contributed by atoms with E-state index < -0.39 is 5.91 Å². The third kappa shape index (κ3) is 1.44. The van der Waals surface area contributed by atoms with Crippen LogP contribution in [0.2, 0.25) is 0 Å². The summed E-state index contributed by atoms with van der Waals surface area (Å²) >= 11 is 0. The number of benzene rings is 1. The van der Waals surface area contributed by atoms with Crippen LogP contribution in [0.4, 0.5) is 5.69 Å². The molecule has 1 heterocycles. The van der Waals surface area contributed by atoms with Crippen LogP contribution in [-0.2, 0) is 5.41 Å². The maximum Gasteiger partial charge on any atom is 0.248 e. The Morgan fingerprint density at radius 2 is 2.41 bits per heavy atom. The molecule has 4 nitrogen and oxygen atoms in total. The highest BCUT2D eigenvalue weighted by molar-refractivity contribution is 5.94. The Hall–Kier alpha value is -1.55. The highest BCUT2D eigenvalue weighted by atomic mass is 16.3. The Balaban J connectivity index is 1.92. The van der Waals surface area contributed by atoms with Crippen molar-refractivity contribution in [3.63, 3.8) is 0 Å². The minimum absolute atomic E-state index is 0.203. The monoisotopic (exact) mass is 232 g/mol. The molecule has 3 rings (SSSR count). The number of primary amides is 1. The van der Waals surface area contributed by atoms with Gasteiger partial charge in [0, 0.05) is 29.8 Å². The average Bonchev–Trinajstić information content (AvgIpc) is 2.87. The van der Waals surface area contributed by atoms with Crippen molar-refractivity contribution in [3.8, 4) is 0 Å². The second-order valence-electron chi connectivity index (χ2n) is 5.05. The van der Waals surface area contributed by atoms with Gasteiger partial charge in [0.2, 0.25) is 5.91 Å². The van der Waals surface area contributed by atoms with Crippen molar-refractivity contribution >= 4 is 11.6 Å². The number of rotatable bonds is 3. The lowest BCUT2D eigenvalue weighted by Crippen LogP contribution is -2.13. The van der Waals surface area contributed by atoms with Crippen LogP contribution >= 0.6 is 0 Å². The van der Waals surface area contributed by atoms with Crippen molar-refractivity contribution in [1.82, 2.24) is 0 Å². The van der Waals surface area contributed by atoms with E-state index >= 15 is 0 Å². The molecule has 90 valence electrons. The molecule has 2 aliphatic rings. The van der Waals surface area contributed by atoms with Gasteiger partial charge in [0.1, 0.15) is 0 Å². The van der Waals surface area contributed by atoms with E-state index in [4.69, 9.17) is 10.8 Å². The lowest BCUT2D eigenvalue weighted by Gasteiger charge is -2.09. The van der Waals surface area contributed by atoms with Gasteiger partial charge in [-0.15, -0.1) is 0 Å². The minimum atomic E-state index is -0.391. The molecule has 17 heavy (non-hydrogen) atoms. The topological polar surface area (TPSA) is 75.4 Å². The number of hydrogen-bond donors (Lipinski definition) is 3. The fraction of sp³-hybridized carbons (Fsp3) is 0.462. The Morgan fingerprint density at radius 3 is 3.12 bits per heavy atom. The van der Waals surface area contributed by atoms with E-state index in [1.165, 1.54) is 5.56 Å². The van der Waals surface area contributed by atoms with Gasteiger partial charge in [-0.1, -0.05) is 6.07 Å². The van der Waals surface area contributed by atoms with Crippen molar-refractivity contribution in [2.75, 3.05) is 18.5 Å². The molecule has 4 heteroatoms. The molecule has 1 aromatic rings. The minimum Gasteiger partial charge on any atom is -0.396 e. The SMILES string of the molecule is NC(=O)c1ccc2c(c1)NCC21CC1CCO. The number of amides is 1. The molecule has 1 aliphatic carbocycles. The highest BCUT2D eigenvalue weighted by Crippen LogP contribution is 2.60. The molecule has 1 aliphatic heterocycles. The summed E-state index contributed by atoms with van der Waals surface area (Å²) in [6.07, 6.45) is 1.99. The van der Waals surface area contributed by atoms with Gasteiger partial charge in [-0.25, -0.2) is 0 Å². The molecule has 1 amide bonds. The zero-order chi connectivity index (χ0) is 12.0. The fourth-order valence-corrected chi connectivity index (χ4v) is 3.09. The van der Waals surface area contributed by atoms with Crippen LogP contribution in [0.3, 0.4) is 0 Å². The third-order valence-electron chi connectivity index (χ3n) is 4.14. The van der Waals surface area contributed by atoms with Crippen molar-refractivity contribution < 1.29 is 9.90 Å². The standard InChI is InChI=1S/C13H16N2O2/c14-12(17)8-1-2-10-11(5-8)15-7-13(10)6-9(13)3-4-16/h1-2,5,9,15-16H,3-4,6-7H2,(H2,14,17). The smallest absolute Gasteiger partial charge is 0.248 e. The fourth-order valence-electron chi connectivity index (χ4n) is 3.09. The molecular formula is C13H16N2O2. The lowest BCUT2D eigenvalue weighted by atomic mass is 9.93. The Labute approximate surface area is 99.8 Å². The Morgan fingerprint density at radius 1 is 1.59 bits per heavy atom. The van der Waals surface area contributed by atoms with Gasteiger partial charge in [0.25, 0.3) is 0 Å². The van der Waals surface area contributed by atoms with Gasteiger partial charge >= 0.3 is 0 Å². The molecule has 0 saturated heterocycles. The van der Waals surface area contributed by atoms with E-state index in [-0.39, 0.29) is 12.0 Å². The predicted octanol–water partition coefficient (Wildman–Crippen LogP) is 0.851. The second kappa shape index (κ2) is 3.47. The Bertz CT molecular complexity index is 486. The highest BCUT2D eigenvalue weighted by Gasteiger charge is 2.57. The zero-order valence-corrected chi connectivity index (χ0v) is 9.57. The number of carbonyl (C=O) groups is 1. The summed E-state index contributed by atoms with van der Waals surface area (Å²) < 4.78 is 0. The van der Waals surface area contributed by atoms with Crippen LogP contribution < -0.4 is 11.1 Å². The maximum atomic E-state index is 11.1. The molecule has 0 aromatic heterocycles. The molecular weight excluding hydrogens is 216 g/mol. The number of fused-ring (bicyclic) bond motifs is 2. The number of aliphatic hydroxyl groups is 1. The van der Waals surface area contributed by atoms with E-state index in [0.717, 1.165) is 25.1 Å². The summed E-state index contributed by atoms with van der Waals surface area (Å²) in [6, 6.07) is 5.64. The molecule has 1 aromatic carbocycles. The summed E-state index contributed by atoms with van der Waals surface area (Å²) in [5.41, 5.74) is 8.33. The third-order valence-corrected chi connectivity index (χ3v) is 4.14. The van der Waals surface area contributed by atoms with E-state index in [1.54, 1.807) is 6.07 Å². The van der Waals surface area contributed by atoms with Gasteiger partial charge in [-0.2, -0.15) is 0 Å². The number of carbonyl (C=O) groups excluding carboxylic acids is 1. The van der Waals surface area contributed by atoms with E-state index in [9.17, 15) is 4.79 Å². The predicted molar refractivity (Wildman–Crippen MR) is 64.9 cm³/mol. The van der Waals surface area contributed by atoms with Crippen LogP contribution in [0.25, 0.3) is 0 Å². The summed E-state index contributed by atoms with van der Waals surface area (Å²) in [4.78, 5) is 11.1. The van der Waals surface area contributed by atoms with Gasteiger partial charge < -0.3 is 16.2 Å². The first kappa shape index (κ1) is 10.6. The van der Waals surface area contributed by atoms with Crippen molar-refractivity contribution in [2.24, 2.45) is 11.7 Å². The van der Waals surface area contributed by atoms with Gasteiger partial charge in [-0.05, 0) is 36.5 Å². The first-order valence-electron chi connectivity index (χ1n) is 5.96. The van der Waals surface area contributed by atoms with Crippen molar-refractivity contribution in [3.05, 3.63) is 29.3 Å². The number of aliphatic hydroxyl groups excluding tert-OH is 1. The molecule has 1 spiro atoms. The van der Waals surface area contributed by atoms with E-state index in [1.807, 2.05) is 12.1 Å². The summed E-state index contributed by atoms with van der Waals surface area (Å²) in [7, 11) is 0. The normalized spacial score (nSPS) is 28.9. The molecule has 2 unspecified atom stereocenters. The van der Waals surface area contributed by atoms with Crippen LogP contribution in [0, 0.1) is 5.92 Å². The van der Waals surface area contributed by atoms with Gasteiger partial charge in [0.05, 0.1) is 0 Å². The first-order chi connectivity index (χ1) is 8.17. The molecule has 2 atom stereocenters. The van der Waals surface area contributed by atoms with E-state index in [2.05, 4.69) is 5.32 Å². The number of nitrogens with two attached hydrogens (primary N) is 1. The van der Waals surface area contributed by atoms with Crippen molar-refractivity contribution in [1.29, 1.82) is 0 Å². The summed E-state index contributed by atoms with van der Waals surface area (Å²) in [5.74, 6) is 0.180. The maximum absolute atomic E-state index is 11.1. The molecule has 1 saturated carbocycles. The molecule has 0 radical (unpaired) electrons. The molecule has 1 fully saturated rings. The average molecular weight is 232 g/mol. The van der Waals surface area contributed by atoms with Crippen LogP contribution in [0.1, 0.15) is 28.8 Å². The van der Waals surface area contributed by atoms with Crippen LogP contribution in [0.5, 0.6) is 0 Å². The zero-order valence-electron chi connectivity index (χ0n) is 9.57. The van der Waals surface area contributed by atoms with Gasteiger partial charge in [0.15, 0.2) is 0 Å². The Kier molecular flexibility index (Phi) is 2.16. The number of nitrogens with one attached hydrogen (secondary N) is 1. The lowest BCUT2D eigenvalue weighted by molar-refractivity contribution is 0.100. The summed E-state index contributed by atoms with van der Waals surface area (Å²) in [5, 5.41) is 12.4. The first-order valence-corrected chi connectivity index (χ1v) is 5.96. The summed E-state index contributed by atoms with van der Waals surface area (Å²) in [6.45, 7) is 1.16.